The third-order valence-electron chi connectivity index (χ3n) is 4.74. The number of rotatable bonds is 7. The van der Waals surface area contributed by atoms with Gasteiger partial charge in [-0.3, -0.25) is 14.2 Å². The Morgan fingerprint density at radius 2 is 1.47 bits per heavy atom. The lowest BCUT2D eigenvalue weighted by Crippen LogP contribution is -2.16. The molecule has 0 spiro atoms. The summed E-state index contributed by atoms with van der Waals surface area (Å²) in [7, 11) is -7.81. The zero-order valence-corrected chi connectivity index (χ0v) is 21.0. The van der Waals surface area contributed by atoms with Gasteiger partial charge in [0.25, 0.3) is 15.9 Å². The van der Waals surface area contributed by atoms with Crippen LogP contribution in [-0.4, -0.2) is 29.0 Å². The zero-order chi connectivity index (χ0) is 26.9. The molecule has 0 aliphatic heterocycles. The molecule has 0 aliphatic rings. The second kappa shape index (κ2) is 9.99. The van der Waals surface area contributed by atoms with Gasteiger partial charge in [0.05, 0.1) is 27.4 Å². The van der Waals surface area contributed by atoms with E-state index in [9.17, 15) is 34.8 Å². The Kier molecular flexibility index (Phi) is 7.58. The quantitative estimate of drug-likeness (QED) is 0.371. The summed E-state index contributed by atoms with van der Waals surface area (Å²) in [6.45, 7) is 1.66. The zero-order valence-electron chi connectivity index (χ0n) is 18.6. The maximum atomic E-state index is 13.0. The molecule has 0 saturated carbocycles. The molecule has 0 unspecified atom stereocenters. The van der Waals surface area contributed by atoms with E-state index in [1.165, 1.54) is 24.3 Å². The summed E-state index contributed by atoms with van der Waals surface area (Å²) in [6, 6.07) is 11.9. The number of anilines is 3. The normalized spacial score (nSPS) is 12.2. The number of benzene rings is 3. The minimum absolute atomic E-state index is 0.147. The second-order valence-electron chi connectivity index (χ2n) is 7.68. The van der Waals surface area contributed by atoms with Crippen LogP contribution >= 0.6 is 11.6 Å². The third kappa shape index (κ3) is 6.89. The van der Waals surface area contributed by atoms with Crippen molar-refractivity contribution in [2.24, 2.45) is 0 Å². The van der Waals surface area contributed by atoms with Gasteiger partial charge in [0.2, 0.25) is 10.0 Å². The highest BCUT2D eigenvalue weighted by Crippen LogP contribution is 2.36. The molecule has 0 aromatic heterocycles. The molecule has 8 nitrogen and oxygen atoms in total. The fourth-order valence-electron chi connectivity index (χ4n) is 3.01. The minimum Gasteiger partial charge on any atom is -0.322 e. The number of nitrogens with one attached hydrogen (secondary N) is 3. The Morgan fingerprint density at radius 1 is 0.861 bits per heavy atom. The van der Waals surface area contributed by atoms with Gasteiger partial charge in [-0.25, -0.2) is 16.8 Å². The van der Waals surface area contributed by atoms with Crippen molar-refractivity contribution in [3.8, 4) is 0 Å². The van der Waals surface area contributed by atoms with Gasteiger partial charge in [-0.05, 0) is 67.1 Å². The second-order valence-corrected chi connectivity index (χ2v) is 11.5. The molecule has 3 aromatic rings. The lowest BCUT2D eigenvalue weighted by molar-refractivity contribution is -0.137. The summed E-state index contributed by atoms with van der Waals surface area (Å²) >= 11 is 5.55. The maximum absolute atomic E-state index is 13.0. The van der Waals surface area contributed by atoms with Crippen molar-refractivity contribution in [3.63, 3.8) is 0 Å². The Bertz CT molecular complexity index is 1530. The number of carbonyl (C=O) groups is 1. The number of sulfonamides is 2. The fraction of sp³-hybridized carbons (Fsp3) is 0.136. The number of hydrogen-bond donors (Lipinski definition) is 3. The van der Waals surface area contributed by atoms with E-state index in [2.05, 4.69) is 14.8 Å². The van der Waals surface area contributed by atoms with Crippen LogP contribution in [0.1, 0.15) is 21.5 Å². The molecule has 3 aromatic carbocycles. The number of aryl methyl sites for hydroxylation is 1. The monoisotopic (exact) mass is 561 g/mol. The molecule has 0 saturated heterocycles. The molecule has 3 N–H and O–H groups in total. The average Bonchev–Trinajstić information content (AvgIpc) is 2.75. The van der Waals surface area contributed by atoms with Crippen molar-refractivity contribution in [3.05, 3.63) is 82.4 Å². The van der Waals surface area contributed by atoms with Crippen LogP contribution in [0.2, 0.25) is 5.02 Å². The van der Waals surface area contributed by atoms with Crippen molar-refractivity contribution in [2.75, 3.05) is 21.0 Å². The molecule has 0 aliphatic carbocycles. The van der Waals surface area contributed by atoms with Crippen molar-refractivity contribution in [1.82, 2.24) is 0 Å². The number of carbonyl (C=O) groups excluding carboxylic acids is 1. The van der Waals surface area contributed by atoms with Crippen LogP contribution in [0.25, 0.3) is 0 Å². The first-order valence-electron chi connectivity index (χ1n) is 9.94. The van der Waals surface area contributed by atoms with Gasteiger partial charge in [-0.1, -0.05) is 17.7 Å². The molecule has 14 heteroatoms. The highest BCUT2D eigenvalue weighted by molar-refractivity contribution is 7.92. The molecule has 3 rings (SSSR count). The van der Waals surface area contributed by atoms with Crippen molar-refractivity contribution in [1.29, 1.82) is 0 Å². The number of alkyl halides is 3. The molecular weight excluding hydrogens is 543 g/mol. The van der Waals surface area contributed by atoms with E-state index in [-0.39, 0.29) is 27.5 Å². The van der Waals surface area contributed by atoms with Gasteiger partial charge in [0.1, 0.15) is 0 Å². The summed E-state index contributed by atoms with van der Waals surface area (Å²) in [6.07, 6.45) is -3.79. The summed E-state index contributed by atoms with van der Waals surface area (Å²) < 4.78 is 91.8. The fourth-order valence-corrected chi connectivity index (χ4v) is 4.91. The SMILES string of the molecule is Cc1ccc(C(=O)Nc2ccc(S(=O)(=O)Nc3ccc(Cl)c(C(F)(F)F)c3)cc2)cc1NS(C)(=O)=O. The lowest BCUT2D eigenvalue weighted by atomic mass is 10.1. The topological polar surface area (TPSA) is 121 Å². The van der Waals surface area contributed by atoms with Crippen LogP contribution in [0.5, 0.6) is 0 Å². The predicted octanol–water partition coefficient (Wildman–Crippen LogP) is 5.09. The largest absolute Gasteiger partial charge is 0.417 e. The highest BCUT2D eigenvalue weighted by Gasteiger charge is 2.33. The number of amides is 1. The van der Waals surface area contributed by atoms with Gasteiger partial charge in [0, 0.05) is 16.9 Å². The van der Waals surface area contributed by atoms with Gasteiger partial charge in [0.15, 0.2) is 0 Å². The third-order valence-corrected chi connectivity index (χ3v) is 7.06. The molecular formula is C22H19ClF3N3O5S2. The van der Waals surface area contributed by atoms with Gasteiger partial charge >= 0.3 is 6.18 Å². The molecule has 1 amide bonds. The average molecular weight is 562 g/mol. The molecule has 0 bridgehead atoms. The van der Waals surface area contributed by atoms with Crippen LogP contribution in [0.15, 0.2) is 65.6 Å². The van der Waals surface area contributed by atoms with Gasteiger partial charge in [-0.2, -0.15) is 13.2 Å². The van der Waals surface area contributed by atoms with Gasteiger partial charge < -0.3 is 5.32 Å². The van der Waals surface area contributed by atoms with Crippen LogP contribution < -0.4 is 14.8 Å². The van der Waals surface area contributed by atoms with E-state index in [1.54, 1.807) is 13.0 Å². The van der Waals surface area contributed by atoms with Gasteiger partial charge in [-0.15, -0.1) is 0 Å². The van der Waals surface area contributed by atoms with E-state index in [1.807, 2.05) is 0 Å². The highest BCUT2D eigenvalue weighted by atomic mass is 35.5. The van der Waals surface area contributed by atoms with Crippen LogP contribution in [0, 0.1) is 6.92 Å². The van der Waals surface area contributed by atoms with E-state index in [0.29, 0.717) is 11.6 Å². The van der Waals surface area contributed by atoms with Crippen molar-refractivity contribution >= 4 is 54.6 Å². The van der Waals surface area contributed by atoms with E-state index < -0.39 is 42.7 Å². The first kappa shape index (κ1) is 27.3. The Labute approximate surface area is 210 Å². The molecule has 0 atom stereocenters. The van der Waals surface area contributed by atoms with E-state index in [4.69, 9.17) is 11.6 Å². The summed E-state index contributed by atoms with van der Waals surface area (Å²) in [5.41, 5.74) is -0.317. The van der Waals surface area contributed by atoms with E-state index in [0.717, 1.165) is 30.5 Å². The molecule has 36 heavy (non-hydrogen) atoms. The van der Waals surface area contributed by atoms with Crippen LogP contribution in [-0.2, 0) is 26.2 Å². The summed E-state index contributed by atoms with van der Waals surface area (Å²) in [4.78, 5) is 12.3. The molecule has 0 fully saturated rings. The molecule has 0 radical (unpaired) electrons. The Hall–Kier alpha value is -3.29. The van der Waals surface area contributed by atoms with Crippen LogP contribution in [0.3, 0.4) is 0 Å². The first-order valence-corrected chi connectivity index (χ1v) is 13.7. The molecule has 0 heterocycles. The standard InChI is InChI=1S/C22H19ClF3N3O5S2/c1-13-3-4-14(11-20(13)29-35(2,31)32)21(30)27-15-5-8-17(9-6-15)36(33,34)28-16-7-10-19(23)18(12-16)22(24,25)26/h3-12,28-29H,1-2H3,(H,27,30). The first-order chi connectivity index (χ1) is 16.5. The van der Waals surface area contributed by atoms with Crippen molar-refractivity contribution < 1.29 is 34.8 Å². The summed E-state index contributed by atoms with van der Waals surface area (Å²) in [5, 5.41) is 1.98. The number of hydrogen-bond acceptors (Lipinski definition) is 5. The Balaban J connectivity index is 1.76. The molecule has 192 valence electrons. The van der Waals surface area contributed by atoms with Crippen molar-refractivity contribution in [2.45, 2.75) is 18.0 Å². The predicted molar refractivity (Wildman–Crippen MR) is 131 cm³/mol. The minimum atomic E-state index is -4.77. The lowest BCUT2D eigenvalue weighted by Gasteiger charge is -2.13. The van der Waals surface area contributed by atoms with E-state index >= 15 is 0 Å². The Morgan fingerprint density at radius 3 is 2.06 bits per heavy atom. The van der Waals surface area contributed by atoms with Crippen LogP contribution in [0.4, 0.5) is 30.2 Å². The maximum Gasteiger partial charge on any atom is 0.417 e. The summed E-state index contributed by atoms with van der Waals surface area (Å²) in [5.74, 6) is -0.582. The number of halogens is 4. The smallest absolute Gasteiger partial charge is 0.322 e.